The molecule has 1 aliphatic heterocycles. The molecule has 0 bridgehead atoms. The SMILES string of the molecule is CC1COC(c2cccc(Cl)c2)CN1CCCC(=O)O. The number of benzene rings is 1. The summed E-state index contributed by atoms with van der Waals surface area (Å²) in [5, 5.41) is 9.42. The normalized spacial score (nSPS) is 23.7. The van der Waals surface area contributed by atoms with E-state index in [2.05, 4.69) is 11.8 Å². The third-order valence-electron chi connectivity index (χ3n) is 3.62. The topological polar surface area (TPSA) is 49.8 Å². The lowest BCUT2D eigenvalue weighted by molar-refractivity contribution is -0.137. The van der Waals surface area contributed by atoms with Crippen molar-refractivity contribution in [2.45, 2.75) is 31.9 Å². The molecule has 0 amide bonds. The zero-order valence-electron chi connectivity index (χ0n) is 11.6. The van der Waals surface area contributed by atoms with Gasteiger partial charge in [0.25, 0.3) is 0 Å². The summed E-state index contributed by atoms with van der Waals surface area (Å²) in [6.07, 6.45) is 0.892. The first-order chi connectivity index (χ1) is 9.56. The van der Waals surface area contributed by atoms with Gasteiger partial charge in [-0.2, -0.15) is 0 Å². The Bertz CT molecular complexity index is 466. The summed E-state index contributed by atoms with van der Waals surface area (Å²) in [5.74, 6) is -0.739. The molecule has 1 aromatic rings. The number of carbonyl (C=O) groups is 1. The maximum atomic E-state index is 10.6. The second-order valence-electron chi connectivity index (χ2n) is 5.22. The molecule has 1 saturated heterocycles. The van der Waals surface area contributed by atoms with Crippen LogP contribution in [0.2, 0.25) is 5.02 Å². The van der Waals surface area contributed by atoms with Crippen molar-refractivity contribution in [3.8, 4) is 0 Å². The monoisotopic (exact) mass is 297 g/mol. The fraction of sp³-hybridized carbons (Fsp3) is 0.533. The average Bonchev–Trinajstić information content (AvgIpc) is 2.40. The largest absolute Gasteiger partial charge is 0.481 e. The number of carboxylic acid groups (broad SMARTS) is 1. The second kappa shape index (κ2) is 7.07. The van der Waals surface area contributed by atoms with E-state index in [0.29, 0.717) is 24.1 Å². The van der Waals surface area contributed by atoms with Crippen LogP contribution in [0.4, 0.5) is 0 Å². The average molecular weight is 298 g/mol. The molecule has 0 saturated carbocycles. The van der Waals surface area contributed by atoms with Gasteiger partial charge in [-0.1, -0.05) is 23.7 Å². The molecular weight excluding hydrogens is 278 g/mol. The van der Waals surface area contributed by atoms with Crippen LogP contribution in [-0.2, 0) is 9.53 Å². The van der Waals surface area contributed by atoms with Crippen LogP contribution in [0.1, 0.15) is 31.4 Å². The van der Waals surface area contributed by atoms with E-state index >= 15 is 0 Å². The quantitative estimate of drug-likeness (QED) is 0.908. The van der Waals surface area contributed by atoms with Crippen LogP contribution in [0.5, 0.6) is 0 Å². The van der Waals surface area contributed by atoms with Crippen molar-refractivity contribution in [2.75, 3.05) is 19.7 Å². The lowest BCUT2D eigenvalue weighted by atomic mass is 10.1. The lowest BCUT2D eigenvalue weighted by Crippen LogP contribution is -2.45. The van der Waals surface area contributed by atoms with Crippen LogP contribution < -0.4 is 0 Å². The number of hydrogen-bond acceptors (Lipinski definition) is 3. The number of nitrogens with zero attached hydrogens (tertiary/aromatic N) is 1. The third-order valence-corrected chi connectivity index (χ3v) is 3.85. The van der Waals surface area contributed by atoms with Gasteiger partial charge in [-0.3, -0.25) is 9.69 Å². The van der Waals surface area contributed by atoms with E-state index in [9.17, 15) is 4.79 Å². The Balaban J connectivity index is 1.95. The Morgan fingerprint density at radius 2 is 2.35 bits per heavy atom. The summed E-state index contributed by atoms with van der Waals surface area (Å²) < 4.78 is 5.87. The Labute approximate surface area is 124 Å². The van der Waals surface area contributed by atoms with Crippen molar-refractivity contribution in [3.05, 3.63) is 34.9 Å². The molecular formula is C15H20ClNO3. The van der Waals surface area contributed by atoms with Gasteiger partial charge in [-0.15, -0.1) is 0 Å². The van der Waals surface area contributed by atoms with Crippen molar-refractivity contribution in [3.63, 3.8) is 0 Å². The Hall–Kier alpha value is -1.10. The van der Waals surface area contributed by atoms with Gasteiger partial charge in [0, 0.05) is 24.0 Å². The number of morpholine rings is 1. The van der Waals surface area contributed by atoms with Crippen LogP contribution in [0, 0.1) is 0 Å². The smallest absolute Gasteiger partial charge is 0.303 e. The summed E-state index contributed by atoms with van der Waals surface area (Å²) in [7, 11) is 0. The van der Waals surface area contributed by atoms with Crippen molar-refractivity contribution < 1.29 is 14.6 Å². The van der Waals surface area contributed by atoms with Crippen molar-refractivity contribution >= 4 is 17.6 Å². The molecule has 2 atom stereocenters. The van der Waals surface area contributed by atoms with E-state index in [-0.39, 0.29) is 12.5 Å². The Morgan fingerprint density at radius 1 is 1.55 bits per heavy atom. The summed E-state index contributed by atoms with van der Waals surface area (Å²) >= 11 is 6.01. The number of aliphatic carboxylic acids is 1. The predicted molar refractivity (Wildman–Crippen MR) is 78.0 cm³/mol. The molecule has 0 spiro atoms. The Morgan fingerprint density at radius 3 is 3.05 bits per heavy atom. The highest BCUT2D eigenvalue weighted by Crippen LogP contribution is 2.26. The van der Waals surface area contributed by atoms with E-state index in [4.69, 9.17) is 21.4 Å². The first-order valence-electron chi connectivity index (χ1n) is 6.89. The summed E-state index contributed by atoms with van der Waals surface area (Å²) in [6, 6.07) is 8.04. The minimum atomic E-state index is -0.739. The van der Waals surface area contributed by atoms with E-state index in [1.807, 2.05) is 24.3 Å². The van der Waals surface area contributed by atoms with Gasteiger partial charge in [0.15, 0.2) is 0 Å². The molecule has 1 fully saturated rings. The summed E-state index contributed by atoms with van der Waals surface area (Å²) in [5.41, 5.74) is 1.08. The fourth-order valence-corrected chi connectivity index (χ4v) is 2.66. The number of hydrogen-bond donors (Lipinski definition) is 1. The lowest BCUT2D eigenvalue weighted by Gasteiger charge is -2.38. The molecule has 1 aliphatic rings. The van der Waals surface area contributed by atoms with Crippen LogP contribution in [0.15, 0.2) is 24.3 Å². The molecule has 2 unspecified atom stereocenters. The highest BCUT2D eigenvalue weighted by atomic mass is 35.5. The zero-order valence-corrected chi connectivity index (χ0v) is 12.3. The summed E-state index contributed by atoms with van der Waals surface area (Å²) in [4.78, 5) is 12.9. The first-order valence-corrected chi connectivity index (χ1v) is 7.27. The first kappa shape index (κ1) is 15.3. The molecule has 1 aromatic carbocycles. The fourth-order valence-electron chi connectivity index (χ4n) is 2.46. The van der Waals surface area contributed by atoms with Crippen molar-refractivity contribution in [2.24, 2.45) is 0 Å². The number of rotatable bonds is 5. The van der Waals surface area contributed by atoms with Gasteiger partial charge in [0.2, 0.25) is 0 Å². The molecule has 20 heavy (non-hydrogen) atoms. The number of carboxylic acids is 1. The highest BCUT2D eigenvalue weighted by molar-refractivity contribution is 6.30. The molecule has 110 valence electrons. The molecule has 2 rings (SSSR count). The van der Waals surface area contributed by atoms with E-state index in [1.54, 1.807) is 0 Å². The minimum absolute atomic E-state index is 0.00901. The molecule has 0 aliphatic carbocycles. The summed E-state index contributed by atoms with van der Waals surface area (Å²) in [6.45, 7) is 4.33. The molecule has 4 nitrogen and oxygen atoms in total. The van der Waals surface area contributed by atoms with Crippen LogP contribution in [0.25, 0.3) is 0 Å². The molecule has 5 heteroatoms. The van der Waals surface area contributed by atoms with Gasteiger partial charge in [-0.05, 0) is 37.6 Å². The van der Waals surface area contributed by atoms with E-state index in [1.165, 1.54) is 0 Å². The maximum absolute atomic E-state index is 10.6. The molecule has 0 radical (unpaired) electrons. The maximum Gasteiger partial charge on any atom is 0.303 e. The van der Waals surface area contributed by atoms with Crippen LogP contribution in [-0.4, -0.2) is 41.7 Å². The van der Waals surface area contributed by atoms with Crippen molar-refractivity contribution in [1.82, 2.24) is 4.90 Å². The van der Waals surface area contributed by atoms with E-state index < -0.39 is 5.97 Å². The predicted octanol–water partition coefficient (Wildman–Crippen LogP) is 2.97. The number of halogens is 1. The van der Waals surface area contributed by atoms with Crippen LogP contribution >= 0.6 is 11.6 Å². The third kappa shape index (κ3) is 4.20. The van der Waals surface area contributed by atoms with Gasteiger partial charge < -0.3 is 9.84 Å². The van der Waals surface area contributed by atoms with Gasteiger partial charge in [0.05, 0.1) is 12.7 Å². The molecule has 1 N–H and O–H groups in total. The zero-order chi connectivity index (χ0) is 14.5. The minimum Gasteiger partial charge on any atom is -0.481 e. The highest BCUT2D eigenvalue weighted by Gasteiger charge is 2.26. The second-order valence-corrected chi connectivity index (χ2v) is 5.65. The van der Waals surface area contributed by atoms with Gasteiger partial charge in [-0.25, -0.2) is 0 Å². The number of ether oxygens (including phenoxy) is 1. The standard InChI is InChI=1S/C15H20ClNO3/c1-11-10-20-14(12-4-2-5-13(16)8-12)9-17(11)7-3-6-15(18)19/h2,4-5,8,11,14H,3,6-7,9-10H2,1H3,(H,18,19). The van der Waals surface area contributed by atoms with Gasteiger partial charge in [0.1, 0.15) is 0 Å². The van der Waals surface area contributed by atoms with E-state index in [0.717, 1.165) is 18.7 Å². The molecule has 1 heterocycles. The van der Waals surface area contributed by atoms with Gasteiger partial charge >= 0.3 is 5.97 Å². The van der Waals surface area contributed by atoms with Crippen LogP contribution in [0.3, 0.4) is 0 Å². The van der Waals surface area contributed by atoms with Crippen molar-refractivity contribution in [1.29, 1.82) is 0 Å². The molecule has 0 aromatic heterocycles. The Kier molecular flexibility index (Phi) is 5.40.